The van der Waals surface area contributed by atoms with E-state index in [1.165, 1.54) is 5.56 Å². The van der Waals surface area contributed by atoms with E-state index in [1.54, 1.807) is 25.6 Å². The summed E-state index contributed by atoms with van der Waals surface area (Å²) in [7, 11) is 3.71. The fourth-order valence-corrected chi connectivity index (χ4v) is 3.54. The number of aromatic nitrogens is 3. The summed E-state index contributed by atoms with van der Waals surface area (Å²) in [6.45, 7) is 4.12. The van der Waals surface area contributed by atoms with Crippen molar-refractivity contribution in [1.29, 1.82) is 0 Å². The molecular formula is C24H24N4O3. The van der Waals surface area contributed by atoms with Crippen LogP contribution in [0.4, 0.5) is 11.4 Å². The first-order valence-electron chi connectivity index (χ1n) is 10.00. The zero-order valence-corrected chi connectivity index (χ0v) is 18.0. The first kappa shape index (κ1) is 20.4. The topological polar surface area (TPSA) is 80.6 Å². The Morgan fingerprint density at radius 2 is 1.90 bits per heavy atom. The molecule has 0 atom stereocenters. The molecule has 7 nitrogen and oxygen atoms in total. The number of pyridine rings is 1. The third-order valence-electron chi connectivity index (χ3n) is 5.24. The van der Waals surface area contributed by atoms with Crippen molar-refractivity contribution in [2.24, 2.45) is 0 Å². The van der Waals surface area contributed by atoms with Gasteiger partial charge in [0.25, 0.3) is 0 Å². The molecule has 2 aromatic heterocycles. The van der Waals surface area contributed by atoms with E-state index in [-0.39, 0.29) is 11.9 Å². The van der Waals surface area contributed by atoms with Crippen molar-refractivity contribution in [2.45, 2.75) is 20.3 Å². The molecule has 0 spiro atoms. The molecule has 0 saturated heterocycles. The van der Waals surface area contributed by atoms with Crippen LogP contribution in [0, 0.1) is 6.92 Å². The zero-order valence-electron chi connectivity index (χ0n) is 18.0. The number of fused-ring (bicyclic) bond motifs is 1. The highest BCUT2D eigenvalue weighted by atomic mass is 16.5. The van der Waals surface area contributed by atoms with Gasteiger partial charge >= 0.3 is 6.01 Å². The van der Waals surface area contributed by atoms with Crippen LogP contribution < -0.4 is 14.4 Å². The largest absolute Gasteiger partial charge is 0.496 e. The zero-order chi connectivity index (χ0) is 22.0. The van der Waals surface area contributed by atoms with E-state index >= 15 is 0 Å². The van der Waals surface area contributed by atoms with E-state index < -0.39 is 0 Å². The van der Waals surface area contributed by atoms with Crippen LogP contribution in [-0.4, -0.2) is 34.2 Å². The second-order valence-electron chi connectivity index (χ2n) is 7.18. The lowest BCUT2D eigenvalue weighted by Crippen LogP contribution is -2.11. The Morgan fingerprint density at radius 1 is 1.06 bits per heavy atom. The molecule has 0 unspecified atom stereocenters. The minimum Gasteiger partial charge on any atom is -0.496 e. The van der Waals surface area contributed by atoms with Crippen LogP contribution in [-0.2, 0) is 6.42 Å². The Hall–Kier alpha value is -3.87. The molecule has 0 aliphatic rings. The van der Waals surface area contributed by atoms with Crippen molar-refractivity contribution in [2.75, 3.05) is 19.1 Å². The average Bonchev–Trinajstić information content (AvgIpc) is 2.78. The normalized spacial score (nSPS) is 10.8. The highest BCUT2D eigenvalue weighted by molar-refractivity contribution is 5.82. The van der Waals surface area contributed by atoms with Crippen LogP contribution in [0.3, 0.4) is 0 Å². The van der Waals surface area contributed by atoms with Gasteiger partial charge in [-0.25, -0.2) is 0 Å². The number of hydrogen-bond acceptors (Lipinski definition) is 7. The predicted octanol–water partition coefficient (Wildman–Crippen LogP) is 5.17. The molecule has 0 aliphatic carbocycles. The van der Waals surface area contributed by atoms with Crippen LogP contribution in [0.5, 0.6) is 23.4 Å². The molecule has 7 heteroatoms. The van der Waals surface area contributed by atoms with Crippen LogP contribution in [0.25, 0.3) is 10.9 Å². The van der Waals surface area contributed by atoms with Crippen LogP contribution in [0.1, 0.15) is 18.1 Å². The number of aromatic hydroxyl groups is 1. The summed E-state index contributed by atoms with van der Waals surface area (Å²) in [5.41, 5.74) is 4.77. The molecule has 2 aromatic carbocycles. The third kappa shape index (κ3) is 4.07. The quantitative estimate of drug-likeness (QED) is 0.464. The van der Waals surface area contributed by atoms with Crippen molar-refractivity contribution in [3.05, 3.63) is 66.0 Å². The molecule has 2 heterocycles. The molecule has 4 aromatic rings. The lowest BCUT2D eigenvalue weighted by atomic mass is 10.1. The first-order valence-corrected chi connectivity index (χ1v) is 10.00. The summed E-state index contributed by atoms with van der Waals surface area (Å²) < 4.78 is 11.3. The molecule has 0 bridgehead atoms. The smallest absolute Gasteiger partial charge is 0.325 e. The van der Waals surface area contributed by atoms with E-state index in [9.17, 15) is 5.11 Å². The standard InChI is InChI=1S/C24H24N4O3/c1-5-16-6-7-17(13-22(16)30-4)28(3)21-9-8-18(12-15(21)2)31-24-26-20-14-25-11-10-19(20)23(29)27-24/h6-14H,5H2,1-4H3,(H,26,27,29). The number of methoxy groups -OCH3 is 1. The molecular weight excluding hydrogens is 392 g/mol. The number of aryl methyl sites for hydroxylation is 2. The Bertz CT molecular complexity index is 1240. The van der Waals surface area contributed by atoms with Gasteiger partial charge in [0.05, 0.1) is 24.2 Å². The number of ether oxygens (including phenoxy) is 2. The Balaban J connectivity index is 1.60. The van der Waals surface area contributed by atoms with Gasteiger partial charge in [0.1, 0.15) is 11.5 Å². The van der Waals surface area contributed by atoms with E-state index in [4.69, 9.17) is 9.47 Å². The summed E-state index contributed by atoms with van der Waals surface area (Å²) in [4.78, 5) is 14.5. The maximum Gasteiger partial charge on any atom is 0.325 e. The monoisotopic (exact) mass is 416 g/mol. The summed E-state index contributed by atoms with van der Waals surface area (Å²) in [6, 6.07) is 13.7. The summed E-state index contributed by atoms with van der Waals surface area (Å²) in [5.74, 6) is 1.32. The molecule has 0 radical (unpaired) electrons. The van der Waals surface area contributed by atoms with Crippen molar-refractivity contribution in [1.82, 2.24) is 15.0 Å². The van der Waals surface area contributed by atoms with Crippen molar-refractivity contribution in [3.63, 3.8) is 0 Å². The molecule has 31 heavy (non-hydrogen) atoms. The van der Waals surface area contributed by atoms with Gasteiger partial charge in [0.15, 0.2) is 0 Å². The summed E-state index contributed by atoms with van der Waals surface area (Å²) >= 11 is 0. The van der Waals surface area contributed by atoms with Gasteiger partial charge < -0.3 is 19.5 Å². The maximum absolute atomic E-state index is 10.1. The SMILES string of the molecule is CCc1ccc(N(C)c2ccc(Oc3nc(O)c4ccncc4n3)cc2C)cc1OC. The maximum atomic E-state index is 10.1. The minimum atomic E-state index is -0.139. The Morgan fingerprint density at radius 3 is 2.65 bits per heavy atom. The van der Waals surface area contributed by atoms with E-state index in [0.717, 1.165) is 29.1 Å². The van der Waals surface area contributed by atoms with Gasteiger partial charge in [0.2, 0.25) is 5.88 Å². The molecule has 158 valence electrons. The van der Waals surface area contributed by atoms with Crippen LogP contribution in [0.2, 0.25) is 0 Å². The number of anilines is 2. The number of hydrogen-bond donors (Lipinski definition) is 1. The fourth-order valence-electron chi connectivity index (χ4n) is 3.54. The molecule has 1 N–H and O–H groups in total. The number of benzene rings is 2. The highest BCUT2D eigenvalue weighted by Gasteiger charge is 2.13. The van der Waals surface area contributed by atoms with E-state index in [1.807, 2.05) is 38.2 Å². The van der Waals surface area contributed by atoms with Crippen LogP contribution >= 0.6 is 0 Å². The van der Waals surface area contributed by atoms with Gasteiger partial charge in [-0.1, -0.05) is 13.0 Å². The van der Waals surface area contributed by atoms with E-state index in [2.05, 4.69) is 38.9 Å². The fraction of sp³-hybridized carbons (Fsp3) is 0.208. The van der Waals surface area contributed by atoms with Crippen LogP contribution in [0.15, 0.2) is 54.9 Å². The lowest BCUT2D eigenvalue weighted by Gasteiger charge is -2.23. The third-order valence-corrected chi connectivity index (χ3v) is 5.24. The molecule has 0 amide bonds. The van der Waals surface area contributed by atoms with Crippen molar-refractivity contribution >= 4 is 22.3 Å². The van der Waals surface area contributed by atoms with Gasteiger partial charge in [-0.2, -0.15) is 9.97 Å². The molecule has 0 fully saturated rings. The van der Waals surface area contributed by atoms with Gasteiger partial charge in [-0.05, 0) is 54.8 Å². The molecule has 0 saturated carbocycles. The summed E-state index contributed by atoms with van der Waals surface area (Å²) in [6.07, 6.45) is 4.06. The molecule has 4 rings (SSSR count). The number of rotatable bonds is 6. The Kier molecular flexibility index (Phi) is 5.58. The number of nitrogens with zero attached hydrogens (tertiary/aromatic N) is 4. The Labute approximate surface area is 180 Å². The van der Waals surface area contributed by atoms with Gasteiger partial charge in [0, 0.05) is 30.7 Å². The summed E-state index contributed by atoms with van der Waals surface area (Å²) in [5, 5.41) is 10.7. The highest BCUT2D eigenvalue weighted by Crippen LogP contribution is 2.34. The van der Waals surface area contributed by atoms with Crippen molar-refractivity contribution < 1.29 is 14.6 Å². The lowest BCUT2D eigenvalue weighted by molar-refractivity contribution is 0.410. The molecule has 0 aliphatic heterocycles. The predicted molar refractivity (Wildman–Crippen MR) is 121 cm³/mol. The van der Waals surface area contributed by atoms with Gasteiger partial charge in [-0.3, -0.25) is 4.98 Å². The average molecular weight is 416 g/mol. The second kappa shape index (κ2) is 8.47. The van der Waals surface area contributed by atoms with Gasteiger partial charge in [-0.15, -0.1) is 0 Å². The van der Waals surface area contributed by atoms with E-state index in [0.29, 0.717) is 16.7 Å². The second-order valence-corrected chi connectivity index (χ2v) is 7.18. The first-order chi connectivity index (χ1) is 15.0. The minimum absolute atomic E-state index is 0.0680. The van der Waals surface area contributed by atoms with Crippen molar-refractivity contribution in [3.8, 4) is 23.4 Å².